The highest BCUT2D eigenvalue weighted by Crippen LogP contribution is 2.30. The zero-order valence-corrected chi connectivity index (χ0v) is 11.0. The SMILES string of the molecule is CCCC(O)CCc1ccc2c(c1)OCCCO2. The third kappa shape index (κ3) is 3.64. The molecule has 2 rings (SSSR count). The fourth-order valence-corrected chi connectivity index (χ4v) is 2.17. The lowest BCUT2D eigenvalue weighted by molar-refractivity contribution is 0.154. The maximum absolute atomic E-state index is 9.74. The molecule has 1 aromatic carbocycles. The molecule has 1 atom stereocenters. The highest BCUT2D eigenvalue weighted by molar-refractivity contribution is 5.43. The third-order valence-corrected chi connectivity index (χ3v) is 3.20. The lowest BCUT2D eigenvalue weighted by Crippen LogP contribution is -2.07. The number of aliphatic hydroxyl groups is 1. The average Bonchev–Trinajstić information content (AvgIpc) is 2.61. The van der Waals surface area contributed by atoms with E-state index in [1.807, 2.05) is 12.1 Å². The maximum atomic E-state index is 9.74. The molecule has 0 spiro atoms. The van der Waals surface area contributed by atoms with Crippen LogP contribution in [-0.2, 0) is 6.42 Å². The van der Waals surface area contributed by atoms with Crippen molar-refractivity contribution in [2.45, 2.75) is 45.1 Å². The predicted molar refractivity (Wildman–Crippen MR) is 71.3 cm³/mol. The van der Waals surface area contributed by atoms with Crippen LogP contribution in [0.4, 0.5) is 0 Å². The van der Waals surface area contributed by atoms with E-state index in [-0.39, 0.29) is 6.10 Å². The minimum Gasteiger partial charge on any atom is -0.490 e. The molecule has 0 saturated heterocycles. The van der Waals surface area contributed by atoms with E-state index in [9.17, 15) is 5.11 Å². The van der Waals surface area contributed by atoms with Crippen molar-refractivity contribution in [3.8, 4) is 11.5 Å². The zero-order chi connectivity index (χ0) is 12.8. The summed E-state index contributed by atoms with van der Waals surface area (Å²) in [6, 6.07) is 6.08. The molecule has 0 bridgehead atoms. The summed E-state index contributed by atoms with van der Waals surface area (Å²) in [4.78, 5) is 0. The molecular formula is C15H22O3. The van der Waals surface area contributed by atoms with Crippen LogP contribution >= 0.6 is 0 Å². The Bertz CT molecular complexity index is 376. The van der Waals surface area contributed by atoms with E-state index in [1.54, 1.807) is 0 Å². The minimum atomic E-state index is -0.189. The Hall–Kier alpha value is -1.22. The van der Waals surface area contributed by atoms with Gasteiger partial charge in [-0.3, -0.25) is 0 Å². The van der Waals surface area contributed by atoms with E-state index in [2.05, 4.69) is 13.0 Å². The average molecular weight is 250 g/mol. The van der Waals surface area contributed by atoms with Crippen LogP contribution in [0.5, 0.6) is 11.5 Å². The second-order valence-corrected chi connectivity index (χ2v) is 4.81. The van der Waals surface area contributed by atoms with E-state index in [1.165, 1.54) is 5.56 Å². The Morgan fingerprint density at radius 2 is 1.94 bits per heavy atom. The molecule has 1 aromatic rings. The van der Waals surface area contributed by atoms with Gasteiger partial charge in [-0.2, -0.15) is 0 Å². The molecule has 1 N–H and O–H groups in total. The van der Waals surface area contributed by atoms with Gasteiger partial charge in [0.15, 0.2) is 11.5 Å². The molecule has 3 nitrogen and oxygen atoms in total. The van der Waals surface area contributed by atoms with Crippen LogP contribution in [0.3, 0.4) is 0 Å². The van der Waals surface area contributed by atoms with Crippen LogP contribution in [-0.4, -0.2) is 24.4 Å². The normalized spacial score (nSPS) is 16.1. The van der Waals surface area contributed by atoms with Crippen molar-refractivity contribution in [1.82, 2.24) is 0 Å². The summed E-state index contributed by atoms with van der Waals surface area (Å²) < 4.78 is 11.2. The first kappa shape index (κ1) is 13.2. The van der Waals surface area contributed by atoms with Crippen LogP contribution in [0.2, 0.25) is 0 Å². The molecule has 0 radical (unpaired) electrons. The molecule has 0 saturated carbocycles. The van der Waals surface area contributed by atoms with Gasteiger partial charge in [0.1, 0.15) is 0 Å². The summed E-state index contributed by atoms with van der Waals surface area (Å²) >= 11 is 0. The van der Waals surface area contributed by atoms with E-state index in [0.29, 0.717) is 0 Å². The van der Waals surface area contributed by atoms with Crippen LogP contribution < -0.4 is 9.47 Å². The smallest absolute Gasteiger partial charge is 0.161 e. The molecule has 1 heterocycles. The van der Waals surface area contributed by atoms with Gasteiger partial charge in [0.2, 0.25) is 0 Å². The zero-order valence-electron chi connectivity index (χ0n) is 11.0. The van der Waals surface area contributed by atoms with Gasteiger partial charge in [0, 0.05) is 6.42 Å². The first-order valence-electron chi connectivity index (χ1n) is 6.86. The van der Waals surface area contributed by atoms with Gasteiger partial charge < -0.3 is 14.6 Å². The quantitative estimate of drug-likeness (QED) is 0.873. The second-order valence-electron chi connectivity index (χ2n) is 4.81. The lowest BCUT2D eigenvalue weighted by Gasteiger charge is -2.11. The van der Waals surface area contributed by atoms with Crippen molar-refractivity contribution in [1.29, 1.82) is 0 Å². The molecule has 3 heteroatoms. The molecular weight excluding hydrogens is 228 g/mol. The number of fused-ring (bicyclic) bond motifs is 1. The summed E-state index contributed by atoms with van der Waals surface area (Å²) in [6.07, 6.45) is 4.35. The highest BCUT2D eigenvalue weighted by atomic mass is 16.5. The van der Waals surface area contributed by atoms with Gasteiger partial charge in [-0.25, -0.2) is 0 Å². The molecule has 0 aromatic heterocycles. The van der Waals surface area contributed by atoms with Crippen LogP contribution in [0, 0.1) is 0 Å². The van der Waals surface area contributed by atoms with Crippen molar-refractivity contribution >= 4 is 0 Å². The van der Waals surface area contributed by atoms with Gasteiger partial charge in [-0.05, 0) is 37.0 Å². The van der Waals surface area contributed by atoms with Crippen LogP contribution in [0.25, 0.3) is 0 Å². The number of benzene rings is 1. The lowest BCUT2D eigenvalue weighted by atomic mass is 10.0. The molecule has 1 aliphatic rings. The van der Waals surface area contributed by atoms with Gasteiger partial charge in [-0.15, -0.1) is 0 Å². The molecule has 1 aliphatic heterocycles. The Morgan fingerprint density at radius 1 is 1.17 bits per heavy atom. The summed E-state index contributed by atoms with van der Waals surface area (Å²) in [5.41, 5.74) is 1.20. The first-order chi connectivity index (χ1) is 8.79. The van der Waals surface area contributed by atoms with Crippen LogP contribution in [0.1, 0.15) is 38.2 Å². The third-order valence-electron chi connectivity index (χ3n) is 3.20. The van der Waals surface area contributed by atoms with Gasteiger partial charge in [0.05, 0.1) is 19.3 Å². The van der Waals surface area contributed by atoms with Crippen molar-refractivity contribution in [2.75, 3.05) is 13.2 Å². The Morgan fingerprint density at radius 3 is 2.72 bits per heavy atom. The van der Waals surface area contributed by atoms with E-state index >= 15 is 0 Å². The number of hydrogen-bond donors (Lipinski definition) is 1. The van der Waals surface area contributed by atoms with Gasteiger partial charge >= 0.3 is 0 Å². The topological polar surface area (TPSA) is 38.7 Å². The largest absolute Gasteiger partial charge is 0.490 e. The Kier molecular flexibility index (Phi) is 4.88. The molecule has 100 valence electrons. The van der Waals surface area contributed by atoms with Crippen LogP contribution in [0.15, 0.2) is 18.2 Å². The standard InChI is InChI=1S/C15H22O3/c1-2-4-13(16)7-5-12-6-8-14-15(11-12)18-10-3-9-17-14/h6,8,11,13,16H,2-5,7,9-10H2,1H3. The number of aryl methyl sites for hydroxylation is 1. The summed E-state index contributed by atoms with van der Waals surface area (Å²) in [6.45, 7) is 3.53. The molecule has 18 heavy (non-hydrogen) atoms. The van der Waals surface area contributed by atoms with Crippen molar-refractivity contribution in [3.63, 3.8) is 0 Å². The van der Waals surface area contributed by atoms with Gasteiger partial charge in [0.25, 0.3) is 0 Å². The molecule has 0 fully saturated rings. The molecule has 0 amide bonds. The van der Waals surface area contributed by atoms with E-state index in [4.69, 9.17) is 9.47 Å². The van der Waals surface area contributed by atoms with Gasteiger partial charge in [-0.1, -0.05) is 19.4 Å². The summed E-state index contributed by atoms with van der Waals surface area (Å²) in [7, 11) is 0. The number of aliphatic hydroxyl groups excluding tert-OH is 1. The predicted octanol–water partition coefficient (Wildman–Crippen LogP) is 2.94. The van der Waals surface area contributed by atoms with Crippen molar-refractivity contribution in [2.24, 2.45) is 0 Å². The first-order valence-corrected chi connectivity index (χ1v) is 6.86. The molecule has 1 unspecified atom stereocenters. The fraction of sp³-hybridized carbons (Fsp3) is 0.600. The van der Waals surface area contributed by atoms with Crippen molar-refractivity contribution < 1.29 is 14.6 Å². The summed E-state index contributed by atoms with van der Waals surface area (Å²) in [5.74, 6) is 1.68. The monoisotopic (exact) mass is 250 g/mol. The van der Waals surface area contributed by atoms with E-state index < -0.39 is 0 Å². The highest BCUT2D eigenvalue weighted by Gasteiger charge is 2.11. The van der Waals surface area contributed by atoms with E-state index in [0.717, 1.165) is 56.8 Å². The Labute approximate surface area is 109 Å². The Balaban J connectivity index is 1.95. The number of ether oxygens (including phenoxy) is 2. The number of rotatable bonds is 5. The molecule has 0 aliphatic carbocycles. The summed E-state index contributed by atoms with van der Waals surface area (Å²) in [5, 5.41) is 9.74. The number of hydrogen-bond acceptors (Lipinski definition) is 3. The minimum absolute atomic E-state index is 0.189. The van der Waals surface area contributed by atoms with Crippen molar-refractivity contribution in [3.05, 3.63) is 23.8 Å². The fourth-order valence-electron chi connectivity index (χ4n) is 2.17. The second kappa shape index (κ2) is 6.64. The maximum Gasteiger partial charge on any atom is 0.161 e.